The molecule has 0 unspecified atom stereocenters. The van der Waals surface area contributed by atoms with Gasteiger partial charge in [0.05, 0.1) is 0 Å². The van der Waals surface area contributed by atoms with Crippen LogP contribution in [0.1, 0.15) is 32.3 Å². The highest BCUT2D eigenvalue weighted by Crippen LogP contribution is 2.33. The van der Waals surface area contributed by atoms with Crippen molar-refractivity contribution < 1.29 is 9.13 Å². The maximum atomic E-state index is 13.3. The van der Waals surface area contributed by atoms with Crippen LogP contribution in [0.25, 0.3) is 0 Å². The monoisotopic (exact) mass is 529 g/mol. The van der Waals surface area contributed by atoms with Crippen molar-refractivity contribution in [1.82, 2.24) is 10.6 Å². The van der Waals surface area contributed by atoms with Crippen LogP contribution in [0.15, 0.2) is 23.2 Å². The third kappa shape index (κ3) is 6.94. The van der Waals surface area contributed by atoms with Crippen molar-refractivity contribution in [3.05, 3.63) is 34.6 Å². The van der Waals surface area contributed by atoms with Crippen molar-refractivity contribution in [3.8, 4) is 0 Å². The van der Waals surface area contributed by atoms with E-state index in [1.807, 2.05) is 11.8 Å². The minimum Gasteiger partial charge on any atom is -0.381 e. The maximum Gasteiger partial charge on any atom is 0.191 e. The lowest BCUT2D eigenvalue weighted by atomic mass is 9.84. The first-order valence-corrected chi connectivity index (χ1v) is 10.5. The average molecular weight is 530 g/mol. The van der Waals surface area contributed by atoms with E-state index in [4.69, 9.17) is 16.3 Å². The summed E-state index contributed by atoms with van der Waals surface area (Å²) in [6, 6.07) is 4.56. The van der Waals surface area contributed by atoms with E-state index in [2.05, 4.69) is 35.7 Å². The van der Waals surface area contributed by atoms with Crippen molar-refractivity contribution in [1.29, 1.82) is 0 Å². The quantitative estimate of drug-likeness (QED) is 0.325. The highest BCUT2D eigenvalue weighted by atomic mass is 127. The lowest BCUT2D eigenvalue weighted by molar-refractivity contribution is 0.0783. The van der Waals surface area contributed by atoms with E-state index in [9.17, 15) is 4.39 Å². The second-order valence-electron chi connectivity index (χ2n) is 7.29. The fourth-order valence-electron chi connectivity index (χ4n) is 3.10. The molecular weight excluding hydrogens is 500 g/mol. The molecule has 0 aliphatic carbocycles. The van der Waals surface area contributed by atoms with Crippen LogP contribution in [0.3, 0.4) is 0 Å². The van der Waals surface area contributed by atoms with Gasteiger partial charge in [-0.1, -0.05) is 31.5 Å². The number of guanidine groups is 1. The van der Waals surface area contributed by atoms with Gasteiger partial charge in [0.1, 0.15) is 5.82 Å². The van der Waals surface area contributed by atoms with Crippen molar-refractivity contribution in [3.63, 3.8) is 0 Å². The number of hydrogen-bond donors (Lipinski definition) is 2. The van der Waals surface area contributed by atoms with Crippen LogP contribution in [0.5, 0.6) is 0 Å². The molecule has 1 aromatic carbocycles. The number of nitrogens with one attached hydrogen (secondary N) is 2. The van der Waals surface area contributed by atoms with Crippen LogP contribution in [-0.4, -0.2) is 50.3 Å². The molecule has 0 bridgehead atoms. The molecule has 2 N–H and O–H groups in total. The number of halogens is 3. The van der Waals surface area contributed by atoms with Gasteiger partial charge in [0.2, 0.25) is 0 Å². The molecule has 0 saturated carbocycles. The van der Waals surface area contributed by atoms with Gasteiger partial charge in [-0.2, -0.15) is 11.8 Å². The Kier molecular flexibility index (Phi) is 10.2. The lowest BCUT2D eigenvalue weighted by Gasteiger charge is -2.36. The molecule has 0 aromatic heterocycles. The van der Waals surface area contributed by atoms with Gasteiger partial charge in [0, 0.05) is 48.5 Å². The molecule has 154 valence electrons. The highest BCUT2D eigenvalue weighted by Gasteiger charge is 2.32. The van der Waals surface area contributed by atoms with E-state index >= 15 is 0 Å². The summed E-state index contributed by atoms with van der Waals surface area (Å²) < 4.78 is 19.0. The second kappa shape index (κ2) is 11.1. The van der Waals surface area contributed by atoms with Gasteiger partial charge in [-0.25, -0.2) is 4.39 Å². The summed E-state index contributed by atoms with van der Waals surface area (Å²) in [6.07, 6.45) is 4.23. The molecule has 0 spiro atoms. The van der Waals surface area contributed by atoms with Crippen molar-refractivity contribution in [2.75, 3.05) is 39.6 Å². The number of thioether (sulfide) groups is 1. The predicted octanol–water partition coefficient (Wildman–Crippen LogP) is 4.45. The molecule has 4 nitrogen and oxygen atoms in total. The number of rotatable bonds is 6. The molecule has 1 aliphatic heterocycles. The minimum absolute atomic E-state index is 0. The fraction of sp³-hybridized carbons (Fsp3) is 0.632. The number of hydrogen-bond acceptors (Lipinski definition) is 3. The predicted molar refractivity (Wildman–Crippen MR) is 126 cm³/mol. The molecule has 0 amide bonds. The van der Waals surface area contributed by atoms with Crippen LogP contribution in [0.2, 0.25) is 5.02 Å². The van der Waals surface area contributed by atoms with Crippen LogP contribution >= 0.6 is 47.3 Å². The van der Waals surface area contributed by atoms with Crippen molar-refractivity contribution in [2.45, 2.75) is 36.9 Å². The Balaban J connectivity index is 0.00000364. The Morgan fingerprint density at radius 3 is 2.56 bits per heavy atom. The normalized spacial score (nSPS) is 17.2. The second-order valence-corrected chi connectivity index (χ2v) is 8.97. The molecule has 27 heavy (non-hydrogen) atoms. The standard InChI is InChI=1S/C19H29ClFN3OS.HI/c1-18(2,15-6-5-14(21)11-16(15)20)12-23-17(22-3)24-13-19(26-4)7-9-25-10-8-19;/h5-6,11H,7-10,12-13H2,1-4H3,(H2,22,23,24);1H. The number of ether oxygens (including phenoxy) is 1. The van der Waals surface area contributed by atoms with Crippen LogP contribution in [0, 0.1) is 5.82 Å². The molecule has 1 heterocycles. The molecule has 1 saturated heterocycles. The third-order valence-electron chi connectivity index (χ3n) is 5.00. The molecular formula is C19H30ClFIN3OS. The molecule has 1 aliphatic rings. The Morgan fingerprint density at radius 1 is 1.33 bits per heavy atom. The summed E-state index contributed by atoms with van der Waals surface area (Å²) in [5, 5.41) is 7.27. The summed E-state index contributed by atoms with van der Waals surface area (Å²) in [6.45, 7) is 7.25. The molecule has 1 aromatic rings. The zero-order valence-electron chi connectivity index (χ0n) is 16.4. The van der Waals surface area contributed by atoms with Crippen molar-refractivity contribution in [2.24, 2.45) is 4.99 Å². The zero-order valence-corrected chi connectivity index (χ0v) is 20.3. The first-order chi connectivity index (χ1) is 12.3. The molecule has 0 radical (unpaired) electrons. The van der Waals surface area contributed by atoms with Gasteiger partial charge < -0.3 is 15.4 Å². The smallest absolute Gasteiger partial charge is 0.191 e. The first kappa shape index (κ1) is 24.8. The SMILES string of the molecule is CN=C(NCC1(SC)CCOCC1)NCC(C)(C)c1ccc(F)cc1Cl.I. The Labute approximate surface area is 188 Å². The number of nitrogens with zero attached hydrogens (tertiary/aromatic N) is 1. The lowest BCUT2D eigenvalue weighted by Crippen LogP contribution is -2.49. The van der Waals surface area contributed by atoms with Gasteiger partial charge in [0.25, 0.3) is 0 Å². The van der Waals surface area contributed by atoms with Gasteiger partial charge in [0.15, 0.2) is 5.96 Å². The van der Waals surface area contributed by atoms with E-state index in [1.165, 1.54) is 12.1 Å². The van der Waals surface area contributed by atoms with E-state index in [1.54, 1.807) is 13.1 Å². The first-order valence-electron chi connectivity index (χ1n) is 8.85. The maximum absolute atomic E-state index is 13.3. The largest absolute Gasteiger partial charge is 0.381 e. The topological polar surface area (TPSA) is 45.7 Å². The van der Waals surface area contributed by atoms with Gasteiger partial charge >= 0.3 is 0 Å². The zero-order chi connectivity index (χ0) is 19.2. The molecule has 1 fully saturated rings. The molecule has 0 atom stereocenters. The minimum atomic E-state index is -0.321. The average Bonchev–Trinajstić information content (AvgIpc) is 2.62. The van der Waals surface area contributed by atoms with E-state index in [-0.39, 0.29) is 40.0 Å². The van der Waals surface area contributed by atoms with Crippen molar-refractivity contribution >= 4 is 53.3 Å². The summed E-state index contributed by atoms with van der Waals surface area (Å²) >= 11 is 8.13. The Bertz CT molecular complexity index is 639. The summed E-state index contributed by atoms with van der Waals surface area (Å²) in [5.74, 6) is 0.440. The van der Waals surface area contributed by atoms with E-state index < -0.39 is 0 Å². The molecule has 2 rings (SSSR count). The van der Waals surface area contributed by atoms with Crippen LogP contribution < -0.4 is 10.6 Å². The summed E-state index contributed by atoms with van der Waals surface area (Å²) in [7, 11) is 1.77. The Morgan fingerprint density at radius 2 is 2.00 bits per heavy atom. The van der Waals surface area contributed by atoms with Gasteiger partial charge in [-0.3, -0.25) is 4.99 Å². The van der Waals surface area contributed by atoms with Gasteiger partial charge in [-0.15, -0.1) is 24.0 Å². The van der Waals surface area contributed by atoms with E-state index in [0.29, 0.717) is 11.6 Å². The number of benzene rings is 1. The summed E-state index contributed by atoms with van der Waals surface area (Å²) in [4.78, 5) is 4.33. The third-order valence-corrected chi connectivity index (χ3v) is 6.73. The highest BCUT2D eigenvalue weighted by molar-refractivity contribution is 14.0. The Hall–Kier alpha value is -0.250. The van der Waals surface area contributed by atoms with Gasteiger partial charge in [-0.05, 0) is 36.8 Å². The van der Waals surface area contributed by atoms with Crippen LogP contribution in [0.4, 0.5) is 4.39 Å². The van der Waals surface area contributed by atoms with E-state index in [0.717, 1.165) is 44.1 Å². The summed E-state index contributed by atoms with van der Waals surface area (Å²) in [5.41, 5.74) is 0.645. The van der Waals surface area contributed by atoms with Crippen LogP contribution in [-0.2, 0) is 10.2 Å². The number of aliphatic imine (C=N–C) groups is 1. The molecule has 8 heteroatoms. The fourth-order valence-corrected chi connectivity index (χ4v) is 4.31.